The normalized spacial score (nSPS) is 19.7. The minimum atomic E-state index is -0.568. The number of carbonyl (C=O) groups excluding carboxylic acids is 1. The Kier molecular flexibility index (Phi) is 4.11. The van der Waals surface area contributed by atoms with Crippen LogP contribution in [0.1, 0.15) is 22.7 Å². The Morgan fingerprint density at radius 2 is 2.27 bits per heavy atom. The molecule has 1 aliphatic carbocycles. The standard InChI is InChI=1S/C16H20N4O2/c1-20-10-11(9-18-20)6-7-17-16(22)19-15-13-5-3-2-4-12(13)8-14(15)21/h2-5,9-10,14-15,21H,6-8H2,1H3,(H2,17,19,22)/t14-,15+/m0/s1. The van der Waals surface area contributed by atoms with Crippen LogP contribution in [0.15, 0.2) is 36.7 Å². The summed E-state index contributed by atoms with van der Waals surface area (Å²) in [6.07, 6.45) is 4.45. The lowest BCUT2D eigenvalue weighted by molar-refractivity contribution is 0.142. The van der Waals surface area contributed by atoms with Gasteiger partial charge in [-0.3, -0.25) is 4.68 Å². The molecular weight excluding hydrogens is 280 g/mol. The molecule has 0 spiro atoms. The van der Waals surface area contributed by atoms with Crippen LogP contribution < -0.4 is 10.6 Å². The highest BCUT2D eigenvalue weighted by atomic mass is 16.3. The molecule has 0 saturated heterocycles. The first-order valence-corrected chi connectivity index (χ1v) is 7.41. The van der Waals surface area contributed by atoms with Crippen LogP contribution in [0.4, 0.5) is 4.79 Å². The summed E-state index contributed by atoms with van der Waals surface area (Å²) in [5.41, 5.74) is 3.17. The highest BCUT2D eigenvalue weighted by Gasteiger charge is 2.31. The van der Waals surface area contributed by atoms with E-state index in [2.05, 4.69) is 15.7 Å². The minimum absolute atomic E-state index is 0.260. The van der Waals surface area contributed by atoms with Crippen molar-refractivity contribution < 1.29 is 9.90 Å². The molecule has 1 aromatic carbocycles. The van der Waals surface area contributed by atoms with E-state index in [0.29, 0.717) is 13.0 Å². The van der Waals surface area contributed by atoms with Crippen LogP contribution in [-0.2, 0) is 19.9 Å². The van der Waals surface area contributed by atoms with E-state index in [9.17, 15) is 9.90 Å². The van der Waals surface area contributed by atoms with Gasteiger partial charge in [0.25, 0.3) is 0 Å². The summed E-state index contributed by atoms with van der Waals surface area (Å²) >= 11 is 0. The summed E-state index contributed by atoms with van der Waals surface area (Å²) in [5.74, 6) is 0. The van der Waals surface area contributed by atoms with E-state index in [4.69, 9.17) is 0 Å². The van der Waals surface area contributed by atoms with Crippen LogP contribution in [0, 0.1) is 0 Å². The van der Waals surface area contributed by atoms with Gasteiger partial charge in [-0.25, -0.2) is 4.79 Å². The van der Waals surface area contributed by atoms with Gasteiger partial charge in [0.15, 0.2) is 0 Å². The highest BCUT2D eigenvalue weighted by Crippen LogP contribution is 2.30. The summed E-state index contributed by atoms with van der Waals surface area (Å²) in [5, 5.41) is 19.9. The third-order valence-corrected chi connectivity index (χ3v) is 3.95. The molecule has 3 rings (SSSR count). The van der Waals surface area contributed by atoms with Crippen LogP contribution in [-0.4, -0.2) is 33.6 Å². The molecule has 6 heteroatoms. The van der Waals surface area contributed by atoms with Gasteiger partial charge in [-0.2, -0.15) is 5.10 Å². The molecule has 0 bridgehead atoms. The van der Waals surface area contributed by atoms with E-state index >= 15 is 0 Å². The van der Waals surface area contributed by atoms with Crippen LogP contribution in [0.2, 0.25) is 0 Å². The number of aliphatic hydroxyl groups excluding tert-OH is 1. The van der Waals surface area contributed by atoms with Crippen molar-refractivity contribution >= 4 is 6.03 Å². The second-order valence-corrected chi connectivity index (χ2v) is 5.62. The van der Waals surface area contributed by atoms with Gasteiger partial charge in [-0.05, 0) is 23.1 Å². The molecule has 1 aliphatic rings. The quantitative estimate of drug-likeness (QED) is 0.785. The number of hydrogen-bond donors (Lipinski definition) is 3. The molecule has 3 N–H and O–H groups in total. The minimum Gasteiger partial charge on any atom is -0.390 e. The van der Waals surface area contributed by atoms with Crippen molar-refractivity contribution in [3.8, 4) is 0 Å². The largest absolute Gasteiger partial charge is 0.390 e. The first-order valence-electron chi connectivity index (χ1n) is 7.41. The monoisotopic (exact) mass is 300 g/mol. The van der Waals surface area contributed by atoms with Crippen LogP contribution in [0.5, 0.6) is 0 Å². The molecule has 1 heterocycles. The number of urea groups is 1. The third kappa shape index (κ3) is 3.12. The first kappa shape index (κ1) is 14.6. The molecule has 2 amide bonds. The van der Waals surface area contributed by atoms with Crippen molar-refractivity contribution in [1.82, 2.24) is 20.4 Å². The zero-order valence-electron chi connectivity index (χ0n) is 12.5. The molecule has 0 aliphatic heterocycles. The molecule has 1 aromatic heterocycles. The molecule has 0 saturated carbocycles. The van der Waals surface area contributed by atoms with Gasteiger partial charge in [0, 0.05) is 26.2 Å². The molecule has 0 unspecified atom stereocenters. The van der Waals surface area contributed by atoms with Gasteiger partial charge in [0.1, 0.15) is 0 Å². The lowest BCUT2D eigenvalue weighted by Gasteiger charge is -2.18. The molecule has 6 nitrogen and oxygen atoms in total. The summed E-state index contributed by atoms with van der Waals surface area (Å²) in [6.45, 7) is 0.530. The van der Waals surface area contributed by atoms with Gasteiger partial charge in [-0.15, -0.1) is 0 Å². The van der Waals surface area contributed by atoms with Crippen LogP contribution in [0.25, 0.3) is 0 Å². The fourth-order valence-electron chi connectivity index (χ4n) is 2.86. The fraction of sp³-hybridized carbons (Fsp3) is 0.375. The molecular formula is C16H20N4O2. The van der Waals surface area contributed by atoms with E-state index in [0.717, 1.165) is 23.1 Å². The molecule has 2 aromatic rings. The maximum atomic E-state index is 12.0. The van der Waals surface area contributed by atoms with Gasteiger partial charge in [-0.1, -0.05) is 24.3 Å². The number of fused-ring (bicyclic) bond motifs is 1. The van der Waals surface area contributed by atoms with E-state index < -0.39 is 6.10 Å². The molecule has 116 valence electrons. The molecule has 2 atom stereocenters. The van der Waals surface area contributed by atoms with Gasteiger partial charge < -0.3 is 15.7 Å². The number of aromatic nitrogens is 2. The van der Waals surface area contributed by atoms with Crippen molar-refractivity contribution in [3.63, 3.8) is 0 Å². The van der Waals surface area contributed by atoms with E-state index in [1.54, 1.807) is 10.9 Å². The van der Waals surface area contributed by atoms with Crippen LogP contribution in [0.3, 0.4) is 0 Å². The Labute approximate surface area is 129 Å². The first-order chi connectivity index (χ1) is 10.6. The Balaban J connectivity index is 1.51. The number of amides is 2. The smallest absolute Gasteiger partial charge is 0.315 e. The van der Waals surface area contributed by atoms with E-state index in [1.165, 1.54) is 0 Å². The zero-order chi connectivity index (χ0) is 15.5. The topological polar surface area (TPSA) is 79.2 Å². The van der Waals surface area contributed by atoms with Crippen molar-refractivity contribution in [2.45, 2.75) is 25.0 Å². The van der Waals surface area contributed by atoms with Crippen molar-refractivity contribution in [2.24, 2.45) is 7.05 Å². The SMILES string of the molecule is Cn1cc(CCNC(=O)N[C@@H]2c3ccccc3C[C@@H]2O)cn1. The number of rotatable bonds is 4. The Morgan fingerprint density at radius 3 is 3.05 bits per heavy atom. The van der Waals surface area contributed by atoms with Gasteiger partial charge >= 0.3 is 6.03 Å². The fourth-order valence-corrected chi connectivity index (χ4v) is 2.86. The Bertz CT molecular complexity index is 668. The predicted octanol–water partition coefficient (Wildman–Crippen LogP) is 0.920. The second-order valence-electron chi connectivity index (χ2n) is 5.62. The molecule has 0 radical (unpaired) electrons. The van der Waals surface area contributed by atoms with Crippen molar-refractivity contribution in [3.05, 3.63) is 53.3 Å². The summed E-state index contributed by atoms with van der Waals surface area (Å²) in [4.78, 5) is 12.0. The highest BCUT2D eigenvalue weighted by molar-refractivity contribution is 5.74. The zero-order valence-corrected chi connectivity index (χ0v) is 12.5. The number of hydrogen-bond acceptors (Lipinski definition) is 3. The molecule has 22 heavy (non-hydrogen) atoms. The van der Waals surface area contributed by atoms with E-state index in [1.807, 2.05) is 37.5 Å². The molecule has 0 fully saturated rings. The van der Waals surface area contributed by atoms with Crippen molar-refractivity contribution in [2.75, 3.05) is 6.54 Å². The second kappa shape index (κ2) is 6.19. The number of aryl methyl sites for hydroxylation is 1. The number of nitrogens with zero attached hydrogens (tertiary/aromatic N) is 2. The number of benzene rings is 1. The third-order valence-electron chi connectivity index (χ3n) is 3.95. The van der Waals surface area contributed by atoms with Gasteiger partial charge in [0.05, 0.1) is 18.3 Å². The lowest BCUT2D eigenvalue weighted by Crippen LogP contribution is -2.41. The van der Waals surface area contributed by atoms with Crippen molar-refractivity contribution in [1.29, 1.82) is 0 Å². The lowest BCUT2D eigenvalue weighted by atomic mass is 10.1. The maximum absolute atomic E-state index is 12.0. The summed E-state index contributed by atoms with van der Waals surface area (Å²) < 4.78 is 1.74. The van der Waals surface area contributed by atoms with Crippen LogP contribution >= 0.6 is 0 Å². The average Bonchev–Trinajstić information content (AvgIpc) is 3.03. The number of aliphatic hydroxyl groups is 1. The number of nitrogens with one attached hydrogen (secondary N) is 2. The predicted molar refractivity (Wildman–Crippen MR) is 82.3 cm³/mol. The Morgan fingerprint density at radius 1 is 1.45 bits per heavy atom. The summed E-state index contributed by atoms with van der Waals surface area (Å²) in [7, 11) is 1.86. The Hall–Kier alpha value is -2.34. The van der Waals surface area contributed by atoms with E-state index in [-0.39, 0.29) is 12.1 Å². The van der Waals surface area contributed by atoms with Gasteiger partial charge in [0.2, 0.25) is 0 Å². The maximum Gasteiger partial charge on any atom is 0.315 e. The summed E-state index contributed by atoms with van der Waals surface area (Å²) in [6, 6.07) is 7.21. The average molecular weight is 300 g/mol. The number of carbonyl (C=O) groups is 1.